The molecule has 0 saturated carbocycles. The van der Waals surface area contributed by atoms with Gasteiger partial charge >= 0.3 is 0 Å². The van der Waals surface area contributed by atoms with E-state index in [0.29, 0.717) is 4.67 Å². The molecule has 1 rings (SSSR count). The van der Waals surface area contributed by atoms with Gasteiger partial charge < -0.3 is 9.52 Å². The largest absolute Gasteiger partial charge is 0.450 e. The van der Waals surface area contributed by atoms with E-state index in [1.807, 2.05) is 12.1 Å². The average Bonchev–Trinajstić information content (AvgIpc) is 2.31. The van der Waals surface area contributed by atoms with Crippen LogP contribution in [0.15, 0.2) is 27.3 Å². The number of aliphatic hydroxyl groups excluding tert-OH is 1. The van der Waals surface area contributed by atoms with Crippen molar-refractivity contribution >= 4 is 22.0 Å². The zero-order valence-corrected chi connectivity index (χ0v) is 7.71. The highest BCUT2D eigenvalue weighted by atomic mass is 79.9. The van der Waals surface area contributed by atoms with Crippen molar-refractivity contribution in [2.45, 2.75) is 13.0 Å². The standard InChI is InChI=1S/C8H9BrO2/c1-6(10)2-3-7-4-5-8(9)11-7/h2-6,10H,1H3/b3-2+. The van der Waals surface area contributed by atoms with Crippen molar-refractivity contribution in [3.8, 4) is 0 Å². The molecule has 0 spiro atoms. The Morgan fingerprint density at radius 2 is 2.36 bits per heavy atom. The van der Waals surface area contributed by atoms with Crippen LogP contribution in [0.5, 0.6) is 0 Å². The van der Waals surface area contributed by atoms with Crippen molar-refractivity contribution < 1.29 is 9.52 Å². The average molecular weight is 217 g/mol. The number of hydrogen-bond donors (Lipinski definition) is 1. The Morgan fingerprint density at radius 1 is 1.64 bits per heavy atom. The van der Waals surface area contributed by atoms with E-state index in [2.05, 4.69) is 15.9 Å². The number of aliphatic hydroxyl groups is 1. The Kier molecular flexibility index (Phi) is 2.91. The molecule has 3 heteroatoms. The Balaban J connectivity index is 2.64. The molecule has 1 N–H and O–H groups in total. The molecule has 0 aliphatic carbocycles. The van der Waals surface area contributed by atoms with Gasteiger partial charge in [0.1, 0.15) is 5.76 Å². The van der Waals surface area contributed by atoms with Crippen molar-refractivity contribution in [3.05, 3.63) is 28.6 Å². The van der Waals surface area contributed by atoms with Crippen molar-refractivity contribution in [1.82, 2.24) is 0 Å². The molecule has 1 heterocycles. The Bertz CT molecular complexity index is 250. The van der Waals surface area contributed by atoms with Gasteiger partial charge in [-0.1, -0.05) is 6.08 Å². The Morgan fingerprint density at radius 3 is 2.82 bits per heavy atom. The quantitative estimate of drug-likeness (QED) is 0.825. The van der Waals surface area contributed by atoms with Crippen LogP contribution in [0.4, 0.5) is 0 Å². The molecule has 1 aromatic heterocycles. The summed E-state index contributed by atoms with van der Waals surface area (Å²) in [7, 11) is 0. The van der Waals surface area contributed by atoms with Gasteiger partial charge in [-0.2, -0.15) is 0 Å². The van der Waals surface area contributed by atoms with Gasteiger partial charge in [-0.15, -0.1) is 0 Å². The predicted molar refractivity (Wildman–Crippen MR) is 47.1 cm³/mol. The van der Waals surface area contributed by atoms with E-state index in [9.17, 15) is 0 Å². The summed E-state index contributed by atoms with van der Waals surface area (Å²) >= 11 is 3.18. The molecular formula is C8H9BrO2. The van der Waals surface area contributed by atoms with Gasteiger partial charge in [-0.05, 0) is 41.1 Å². The molecule has 60 valence electrons. The summed E-state index contributed by atoms with van der Waals surface area (Å²) in [4.78, 5) is 0. The van der Waals surface area contributed by atoms with Crippen LogP contribution in [0.25, 0.3) is 6.08 Å². The molecule has 0 aliphatic rings. The summed E-state index contributed by atoms with van der Waals surface area (Å²) in [6.45, 7) is 1.69. The van der Waals surface area contributed by atoms with Gasteiger partial charge in [-0.3, -0.25) is 0 Å². The first-order valence-corrected chi connectivity index (χ1v) is 4.09. The van der Waals surface area contributed by atoms with Crippen LogP contribution in [-0.2, 0) is 0 Å². The maximum Gasteiger partial charge on any atom is 0.169 e. The van der Waals surface area contributed by atoms with Crippen LogP contribution >= 0.6 is 15.9 Å². The second-order valence-corrected chi connectivity index (χ2v) is 3.02. The third-order valence-corrected chi connectivity index (χ3v) is 1.56. The van der Waals surface area contributed by atoms with E-state index in [-0.39, 0.29) is 0 Å². The molecule has 11 heavy (non-hydrogen) atoms. The lowest BCUT2D eigenvalue weighted by Crippen LogP contribution is -1.90. The topological polar surface area (TPSA) is 33.4 Å². The summed E-state index contributed by atoms with van der Waals surface area (Å²) in [6.07, 6.45) is 2.96. The minimum absolute atomic E-state index is 0.432. The van der Waals surface area contributed by atoms with Crippen LogP contribution in [0.3, 0.4) is 0 Å². The number of furan rings is 1. The molecule has 0 saturated heterocycles. The number of hydrogen-bond acceptors (Lipinski definition) is 2. The molecule has 0 aliphatic heterocycles. The van der Waals surface area contributed by atoms with Crippen LogP contribution in [0.2, 0.25) is 0 Å². The summed E-state index contributed by atoms with van der Waals surface area (Å²) in [6, 6.07) is 3.63. The first-order chi connectivity index (χ1) is 5.18. The smallest absolute Gasteiger partial charge is 0.169 e. The maximum atomic E-state index is 8.88. The van der Waals surface area contributed by atoms with E-state index >= 15 is 0 Å². The SMILES string of the molecule is CC(O)/C=C/c1ccc(Br)o1. The lowest BCUT2D eigenvalue weighted by molar-refractivity contribution is 0.245. The molecule has 0 bridgehead atoms. The first kappa shape index (κ1) is 8.56. The van der Waals surface area contributed by atoms with E-state index in [4.69, 9.17) is 9.52 Å². The highest BCUT2D eigenvalue weighted by Gasteiger charge is 1.93. The molecule has 1 unspecified atom stereocenters. The van der Waals surface area contributed by atoms with Crippen LogP contribution in [0, 0.1) is 0 Å². The zero-order valence-electron chi connectivity index (χ0n) is 6.12. The van der Waals surface area contributed by atoms with Gasteiger partial charge in [0.15, 0.2) is 4.67 Å². The van der Waals surface area contributed by atoms with Crippen molar-refractivity contribution in [2.24, 2.45) is 0 Å². The maximum absolute atomic E-state index is 8.88. The third-order valence-electron chi connectivity index (χ3n) is 1.13. The molecule has 1 aromatic rings. The third kappa shape index (κ3) is 2.91. The predicted octanol–water partition coefficient (Wildman–Crippen LogP) is 2.44. The Labute approximate surface area is 73.7 Å². The summed E-state index contributed by atoms with van der Waals surface area (Å²) < 4.78 is 5.85. The molecule has 1 atom stereocenters. The first-order valence-electron chi connectivity index (χ1n) is 3.30. The fraction of sp³-hybridized carbons (Fsp3) is 0.250. The number of rotatable bonds is 2. The monoisotopic (exact) mass is 216 g/mol. The molecule has 0 aromatic carbocycles. The van der Waals surface area contributed by atoms with E-state index in [1.165, 1.54) is 0 Å². The normalized spacial score (nSPS) is 14.1. The molecule has 0 amide bonds. The molecule has 0 radical (unpaired) electrons. The summed E-state index contributed by atoms with van der Waals surface area (Å²) in [5.41, 5.74) is 0. The second-order valence-electron chi connectivity index (χ2n) is 2.24. The zero-order chi connectivity index (χ0) is 8.27. The van der Waals surface area contributed by atoms with Crippen molar-refractivity contribution in [2.75, 3.05) is 0 Å². The molecular weight excluding hydrogens is 208 g/mol. The van der Waals surface area contributed by atoms with Gasteiger partial charge in [-0.25, -0.2) is 0 Å². The molecule has 2 nitrogen and oxygen atoms in total. The lowest BCUT2D eigenvalue weighted by Gasteiger charge is -1.90. The van der Waals surface area contributed by atoms with Gasteiger partial charge in [0.2, 0.25) is 0 Å². The van der Waals surface area contributed by atoms with Crippen molar-refractivity contribution in [3.63, 3.8) is 0 Å². The van der Waals surface area contributed by atoms with Gasteiger partial charge in [0.05, 0.1) is 6.10 Å². The van der Waals surface area contributed by atoms with Crippen LogP contribution < -0.4 is 0 Å². The van der Waals surface area contributed by atoms with Crippen molar-refractivity contribution in [1.29, 1.82) is 0 Å². The van der Waals surface area contributed by atoms with E-state index in [0.717, 1.165) is 5.76 Å². The fourth-order valence-corrected chi connectivity index (χ4v) is 0.971. The summed E-state index contributed by atoms with van der Waals surface area (Å²) in [5, 5.41) is 8.88. The highest BCUT2D eigenvalue weighted by molar-refractivity contribution is 9.10. The number of halogens is 1. The fourth-order valence-electron chi connectivity index (χ4n) is 0.652. The van der Waals surface area contributed by atoms with Crippen LogP contribution in [0.1, 0.15) is 12.7 Å². The highest BCUT2D eigenvalue weighted by Crippen LogP contribution is 2.15. The second kappa shape index (κ2) is 3.74. The minimum atomic E-state index is -0.432. The minimum Gasteiger partial charge on any atom is -0.450 e. The Hall–Kier alpha value is -0.540. The van der Waals surface area contributed by atoms with Gasteiger partial charge in [0.25, 0.3) is 0 Å². The lowest BCUT2D eigenvalue weighted by atomic mass is 10.3. The van der Waals surface area contributed by atoms with E-state index < -0.39 is 6.10 Å². The van der Waals surface area contributed by atoms with E-state index in [1.54, 1.807) is 19.1 Å². The van der Waals surface area contributed by atoms with Gasteiger partial charge in [0, 0.05) is 0 Å². The summed E-state index contributed by atoms with van der Waals surface area (Å²) in [5.74, 6) is 0.734. The van der Waals surface area contributed by atoms with Crippen LogP contribution in [-0.4, -0.2) is 11.2 Å². The molecule has 0 fully saturated rings.